The molecule has 2 aromatic rings. The number of thioether (sulfide) groups is 1. The van der Waals surface area contributed by atoms with Crippen LogP contribution in [0.2, 0.25) is 0 Å². The second-order valence-corrected chi connectivity index (χ2v) is 10.7. The van der Waals surface area contributed by atoms with Gasteiger partial charge in [0.15, 0.2) is 0 Å². The Balaban J connectivity index is 1.62. The van der Waals surface area contributed by atoms with E-state index in [1.807, 2.05) is 40.4 Å². The van der Waals surface area contributed by atoms with Crippen LogP contribution in [0.4, 0.5) is 5.69 Å². The summed E-state index contributed by atoms with van der Waals surface area (Å²) in [6.45, 7) is 4.17. The zero-order valence-electron chi connectivity index (χ0n) is 18.2. The summed E-state index contributed by atoms with van der Waals surface area (Å²) in [5.74, 6) is 0.636. The van der Waals surface area contributed by atoms with Crippen LogP contribution >= 0.6 is 23.1 Å². The first-order valence-electron chi connectivity index (χ1n) is 10.9. The third-order valence-corrected chi connectivity index (χ3v) is 9.00. The Kier molecular flexibility index (Phi) is 7.52. The van der Waals surface area contributed by atoms with Gasteiger partial charge in [-0.25, -0.2) is 15.5 Å². The van der Waals surface area contributed by atoms with Crippen LogP contribution in [0.25, 0.3) is 10.4 Å². The van der Waals surface area contributed by atoms with E-state index in [-0.39, 0.29) is 23.0 Å². The van der Waals surface area contributed by atoms with E-state index in [1.165, 1.54) is 0 Å². The highest BCUT2D eigenvalue weighted by Crippen LogP contribution is 2.51. The van der Waals surface area contributed by atoms with E-state index in [0.29, 0.717) is 26.3 Å². The Bertz CT molecular complexity index is 952. The largest absolute Gasteiger partial charge is 0.379 e. The highest BCUT2D eigenvalue weighted by molar-refractivity contribution is 8.00. The second-order valence-electron chi connectivity index (χ2n) is 8.12. The molecular weight excluding hydrogens is 446 g/mol. The van der Waals surface area contributed by atoms with Crippen molar-refractivity contribution in [2.75, 3.05) is 37.1 Å². The predicted molar refractivity (Wildman–Crippen MR) is 128 cm³/mol. The molecule has 1 aromatic carbocycles. The molecule has 2 aliphatic rings. The summed E-state index contributed by atoms with van der Waals surface area (Å²) in [6, 6.07) is 12.2. The van der Waals surface area contributed by atoms with E-state index in [2.05, 4.69) is 18.2 Å². The molecule has 0 spiro atoms. The molecule has 1 atom stereocenters. The Morgan fingerprint density at radius 3 is 2.72 bits per heavy atom. The number of thiophene rings is 1. The van der Waals surface area contributed by atoms with Gasteiger partial charge in [-0.3, -0.25) is 14.8 Å². The summed E-state index contributed by atoms with van der Waals surface area (Å²) in [5, 5.41) is 12.9. The minimum atomic E-state index is -0.348. The number of hydrogen-bond donors (Lipinski definition) is 2. The number of nitrogens with zero attached hydrogens (tertiary/aromatic N) is 2. The van der Waals surface area contributed by atoms with E-state index in [4.69, 9.17) is 9.94 Å². The number of hydrogen-bond acceptors (Lipinski definition) is 7. The van der Waals surface area contributed by atoms with Crippen molar-refractivity contribution < 1.29 is 19.5 Å². The number of carbonyl (C=O) groups is 2. The topological polar surface area (TPSA) is 82.1 Å². The third kappa shape index (κ3) is 5.02. The van der Waals surface area contributed by atoms with Gasteiger partial charge < -0.3 is 4.74 Å². The van der Waals surface area contributed by atoms with E-state index < -0.39 is 0 Å². The predicted octanol–water partition coefficient (Wildman–Crippen LogP) is 4.02. The minimum Gasteiger partial charge on any atom is -0.379 e. The third-order valence-electron chi connectivity index (χ3n) is 5.92. The van der Waals surface area contributed by atoms with E-state index in [0.717, 1.165) is 46.0 Å². The molecule has 0 bridgehead atoms. The normalized spacial score (nSPS) is 21.8. The van der Waals surface area contributed by atoms with Gasteiger partial charge in [-0.15, -0.1) is 23.1 Å². The van der Waals surface area contributed by atoms with Crippen molar-refractivity contribution in [3.8, 4) is 10.4 Å². The first-order chi connectivity index (χ1) is 15.5. The fourth-order valence-corrected chi connectivity index (χ4v) is 7.29. The van der Waals surface area contributed by atoms with Crippen LogP contribution in [0.15, 0.2) is 36.4 Å². The lowest BCUT2D eigenvalue weighted by Gasteiger charge is -2.36. The summed E-state index contributed by atoms with van der Waals surface area (Å²) in [7, 11) is 0. The molecule has 2 N–H and O–H groups in total. The van der Waals surface area contributed by atoms with Crippen LogP contribution in [0.5, 0.6) is 0 Å². The number of hydrazine groups is 1. The van der Waals surface area contributed by atoms with Gasteiger partial charge in [-0.05, 0) is 48.4 Å². The van der Waals surface area contributed by atoms with Crippen LogP contribution < -0.4 is 10.5 Å². The van der Waals surface area contributed by atoms with Gasteiger partial charge in [0.05, 0.1) is 23.6 Å². The Hall–Kier alpha value is -1.91. The van der Waals surface area contributed by atoms with Crippen molar-refractivity contribution in [2.24, 2.45) is 0 Å². The van der Waals surface area contributed by atoms with E-state index >= 15 is 0 Å². The van der Waals surface area contributed by atoms with Crippen LogP contribution in [-0.2, 0) is 19.1 Å². The average molecular weight is 476 g/mol. The molecule has 7 nitrogen and oxygen atoms in total. The summed E-state index contributed by atoms with van der Waals surface area (Å²) < 4.78 is 5.14. The number of ether oxygens (including phenoxy) is 1. The molecule has 0 unspecified atom stereocenters. The Morgan fingerprint density at radius 2 is 2.03 bits per heavy atom. The van der Waals surface area contributed by atoms with Crippen LogP contribution in [0.3, 0.4) is 0 Å². The molecule has 2 amide bonds. The van der Waals surface area contributed by atoms with Crippen molar-refractivity contribution in [3.63, 3.8) is 0 Å². The van der Waals surface area contributed by atoms with Crippen molar-refractivity contribution in [2.45, 2.75) is 37.4 Å². The number of rotatable bonds is 6. The van der Waals surface area contributed by atoms with Crippen LogP contribution in [-0.4, -0.2) is 54.1 Å². The number of amides is 2. The molecular formula is C23H29N3O4S2. The standard InChI is InChI=1S/C23H29N3O4S2/c1-17(27)26(25-10-12-30-13-11-25)19-6-4-5-18(15-19)20-7-8-21(32-20)23(16-22(28)24-29)9-2-3-14-31-23/h4-8,15,29H,2-3,9-14,16H2,1H3,(H,24,28)/t23-/m0/s1. The van der Waals surface area contributed by atoms with Crippen molar-refractivity contribution in [3.05, 3.63) is 41.3 Å². The lowest BCUT2D eigenvalue weighted by atomic mass is 9.94. The molecule has 0 radical (unpaired) electrons. The van der Waals surface area contributed by atoms with Gasteiger partial charge in [0.2, 0.25) is 11.8 Å². The molecule has 0 saturated carbocycles. The number of benzene rings is 1. The first-order valence-corrected chi connectivity index (χ1v) is 12.7. The van der Waals surface area contributed by atoms with Gasteiger partial charge in [0, 0.05) is 36.2 Å². The zero-order chi connectivity index (χ0) is 22.6. The highest BCUT2D eigenvalue weighted by Gasteiger charge is 2.38. The van der Waals surface area contributed by atoms with Crippen LogP contribution in [0.1, 0.15) is 37.5 Å². The highest BCUT2D eigenvalue weighted by atomic mass is 32.2. The summed E-state index contributed by atoms with van der Waals surface area (Å²) >= 11 is 3.50. The molecule has 0 aliphatic carbocycles. The summed E-state index contributed by atoms with van der Waals surface area (Å²) in [6.07, 6.45) is 3.40. The van der Waals surface area contributed by atoms with Gasteiger partial charge >= 0.3 is 0 Å². The maximum atomic E-state index is 12.5. The maximum Gasteiger partial charge on any atom is 0.245 e. The summed E-state index contributed by atoms with van der Waals surface area (Å²) in [4.78, 5) is 26.8. The van der Waals surface area contributed by atoms with Crippen LogP contribution in [0, 0.1) is 0 Å². The number of morpholine rings is 1. The number of nitrogens with one attached hydrogen (secondary N) is 1. The number of carbonyl (C=O) groups excluding carboxylic acids is 2. The maximum absolute atomic E-state index is 12.5. The van der Waals surface area contributed by atoms with Gasteiger partial charge in [-0.2, -0.15) is 0 Å². The molecule has 9 heteroatoms. The second kappa shape index (κ2) is 10.4. The molecule has 2 saturated heterocycles. The van der Waals surface area contributed by atoms with Crippen molar-refractivity contribution in [1.29, 1.82) is 0 Å². The monoisotopic (exact) mass is 475 g/mol. The molecule has 3 heterocycles. The van der Waals surface area contributed by atoms with Crippen molar-refractivity contribution in [1.82, 2.24) is 10.5 Å². The average Bonchev–Trinajstić information content (AvgIpc) is 3.32. The lowest BCUT2D eigenvalue weighted by Crippen LogP contribution is -2.51. The zero-order valence-corrected chi connectivity index (χ0v) is 19.8. The number of anilines is 1. The molecule has 172 valence electrons. The Morgan fingerprint density at radius 1 is 1.22 bits per heavy atom. The Labute approximate surface area is 196 Å². The van der Waals surface area contributed by atoms with Gasteiger partial charge in [0.1, 0.15) is 0 Å². The molecule has 32 heavy (non-hydrogen) atoms. The SMILES string of the molecule is CC(=O)N(c1cccc(-c2ccc([C@@]3(CC(=O)NO)CCCCS3)s2)c1)N1CCOCC1. The molecule has 2 fully saturated rings. The number of hydroxylamine groups is 1. The van der Waals surface area contributed by atoms with E-state index in [1.54, 1.807) is 23.3 Å². The molecule has 4 rings (SSSR count). The first kappa shape index (κ1) is 23.3. The molecule has 1 aromatic heterocycles. The quantitative estimate of drug-likeness (QED) is 0.485. The minimum absolute atomic E-state index is 0.0245. The van der Waals surface area contributed by atoms with Crippen molar-refractivity contribution >= 4 is 40.6 Å². The summed E-state index contributed by atoms with van der Waals surface area (Å²) in [5.41, 5.74) is 3.69. The fraction of sp³-hybridized carbons (Fsp3) is 0.478. The van der Waals surface area contributed by atoms with Gasteiger partial charge in [0.25, 0.3) is 0 Å². The molecule has 2 aliphatic heterocycles. The lowest BCUT2D eigenvalue weighted by molar-refractivity contribution is -0.130. The van der Waals surface area contributed by atoms with Gasteiger partial charge in [-0.1, -0.05) is 18.6 Å². The smallest absolute Gasteiger partial charge is 0.245 e. The fourth-order valence-electron chi connectivity index (χ4n) is 4.40. The van der Waals surface area contributed by atoms with E-state index in [9.17, 15) is 9.59 Å².